The fourth-order valence-electron chi connectivity index (χ4n) is 8.88. The molecule has 0 saturated carbocycles. The molecule has 25 nitrogen and oxygen atoms in total. The average Bonchev–Trinajstić information content (AvgIpc) is 3.33. The highest BCUT2D eigenvalue weighted by atomic mass is 35.5. The molecule has 2 aromatic carbocycles. The lowest BCUT2D eigenvalue weighted by molar-refractivity contribution is -0.179. The Kier molecular flexibility index (Phi) is 27.3. The molecule has 0 radical (unpaired) electrons. The van der Waals surface area contributed by atoms with E-state index in [1.807, 2.05) is 32.9 Å². The number of cyclic esters (lactones) is 2. The van der Waals surface area contributed by atoms with Gasteiger partial charge in [-0.2, -0.15) is 8.42 Å². The van der Waals surface area contributed by atoms with E-state index in [0.717, 1.165) is 5.56 Å². The van der Waals surface area contributed by atoms with Gasteiger partial charge < -0.3 is 61.1 Å². The quantitative estimate of drug-likeness (QED) is 0.0362. The summed E-state index contributed by atoms with van der Waals surface area (Å²) in [5.41, 5.74) is 0.844. The normalized spacial score (nSPS) is 20.7. The van der Waals surface area contributed by atoms with E-state index in [-0.39, 0.29) is 89.5 Å². The first-order chi connectivity index (χ1) is 39.9. The van der Waals surface area contributed by atoms with Gasteiger partial charge in [0.05, 0.1) is 29.4 Å². The van der Waals surface area contributed by atoms with Crippen LogP contribution in [0.4, 0.5) is 0 Å². The zero-order valence-corrected chi connectivity index (χ0v) is 51.4. The van der Waals surface area contributed by atoms with Gasteiger partial charge in [0.25, 0.3) is 10.1 Å². The van der Waals surface area contributed by atoms with Crippen LogP contribution < -0.4 is 42.0 Å². The Balaban J connectivity index is 1.37. The highest BCUT2D eigenvalue weighted by Crippen LogP contribution is 2.45. The van der Waals surface area contributed by atoms with E-state index in [9.17, 15) is 56.4 Å². The number of hydrogen-bond donors (Lipinski definition) is 8. The standard InChI is InChI=1S/C58H83ClN8O17S/c1-33(2)28-44-56(76)82-42(12-11-13-47(70)65-41(30-38-16-19-43(81-10)40(59)29-38)54(74)63-32-58(7,8)57(77)83-44)35(5)51-52(84-51)39-17-14-37(15-18-39)31-62-53(73)36(6)64-55(75)50(34(3)4)66-48(71)23-26-67(25-22-45(68)60-9)49(72)21-20-46(69)61-24-27-85(78,79)80/h11,13-19,29,33-36,41-42,44,50-52H,12,20-28,30-32H2,1-10H3,(H,60,68)(H,61,69)(H,62,73)(H,63,74)(H,64,75)(H,65,70)(H,66,71)(H,78,79,80)/b13-11+/t35-,36-,41?,42-,44-,50-,51+,52+/m0/s1. The van der Waals surface area contributed by atoms with Crippen LogP contribution in [-0.2, 0) is 85.2 Å². The second kappa shape index (κ2) is 32.9. The number of amides is 8. The maximum Gasteiger partial charge on any atom is 0.347 e. The molecular weight excluding hydrogens is 1150 g/mol. The van der Waals surface area contributed by atoms with Crippen LogP contribution >= 0.6 is 11.6 Å². The molecule has 1 fully saturated rings. The third-order valence-corrected chi connectivity index (χ3v) is 15.2. The Morgan fingerprint density at radius 1 is 0.847 bits per heavy atom. The summed E-state index contributed by atoms with van der Waals surface area (Å²) in [5, 5.41) is 18.6. The average molecular weight is 1230 g/mol. The molecule has 8 N–H and O–H groups in total. The molecule has 2 aliphatic rings. The minimum absolute atomic E-state index is 0.0549. The SMILES string of the molecule is CNC(=O)CCN(CCC(=O)N[C@H](C(=O)N[C@@H](C)C(=O)NCc1ccc([C@H]2O[C@@H]2[C@@H](C)[C@@H]2C/C=C/C(=O)NC(Cc3ccc(OC)c(Cl)c3)C(=O)NCC(C)(C)C(=O)O[C@@H](CC(C)C)C(=O)O2)cc1)C(C)C)C(=O)CCC(=O)NCCS(=O)(=O)O. The fraction of sp³-hybridized carbons (Fsp3) is 0.586. The molecule has 2 aliphatic heterocycles. The predicted molar refractivity (Wildman–Crippen MR) is 311 cm³/mol. The molecule has 0 bridgehead atoms. The number of benzene rings is 2. The third kappa shape index (κ3) is 23.7. The smallest absolute Gasteiger partial charge is 0.347 e. The van der Waals surface area contributed by atoms with E-state index >= 15 is 0 Å². The first-order valence-corrected chi connectivity index (χ1v) is 30.2. The van der Waals surface area contributed by atoms with Gasteiger partial charge in [-0.3, -0.25) is 47.7 Å². The minimum atomic E-state index is -4.31. The van der Waals surface area contributed by atoms with Crippen molar-refractivity contribution in [1.29, 1.82) is 0 Å². The van der Waals surface area contributed by atoms with Crippen molar-refractivity contribution in [3.8, 4) is 5.75 Å². The van der Waals surface area contributed by atoms with Gasteiger partial charge in [-0.1, -0.05) is 82.6 Å². The molecule has 470 valence electrons. The number of nitrogens with one attached hydrogen (secondary N) is 7. The molecule has 2 aromatic rings. The van der Waals surface area contributed by atoms with Gasteiger partial charge in [0.2, 0.25) is 47.3 Å². The molecule has 0 aliphatic carbocycles. The summed E-state index contributed by atoms with van der Waals surface area (Å²) in [6, 6.07) is 9.07. The first kappa shape index (κ1) is 70.3. The number of esters is 2. The Morgan fingerprint density at radius 2 is 1.51 bits per heavy atom. The summed E-state index contributed by atoms with van der Waals surface area (Å²) >= 11 is 6.38. The maximum absolute atomic E-state index is 14.0. The van der Waals surface area contributed by atoms with Crippen LogP contribution in [0.25, 0.3) is 0 Å². The number of carbonyl (C=O) groups is 10. The van der Waals surface area contributed by atoms with Crippen molar-refractivity contribution in [1.82, 2.24) is 42.1 Å². The van der Waals surface area contributed by atoms with Crippen molar-refractivity contribution >= 4 is 80.9 Å². The van der Waals surface area contributed by atoms with Crippen molar-refractivity contribution in [3.63, 3.8) is 0 Å². The van der Waals surface area contributed by atoms with E-state index in [2.05, 4.69) is 37.2 Å². The van der Waals surface area contributed by atoms with E-state index in [1.54, 1.807) is 64.1 Å². The summed E-state index contributed by atoms with van der Waals surface area (Å²) in [6.07, 6.45) is -0.945. The van der Waals surface area contributed by atoms with Gasteiger partial charge in [0.15, 0.2) is 6.10 Å². The molecular formula is C58H83ClN8O17S. The third-order valence-electron chi connectivity index (χ3n) is 14.2. The van der Waals surface area contributed by atoms with E-state index in [4.69, 9.17) is 35.1 Å². The highest BCUT2D eigenvalue weighted by molar-refractivity contribution is 7.85. The number of ether oxygens (including phenoxy) is 4. The number of hydrogen-bond acceptors (Lipinski definition) is 16. The summed E-state index contributed by atoms with van der Waals surface area (Å²) in [6.45, 7) is 12.9. The number of halogens is 1. The molecule has 8 atom stereocenters. The summed E-state index contributed by atoms with van der Waals surface area (Å²) in [4.78, 5) is 133. The zero-order chi connectivity index (χ0) is 63.3. The lowest BCUT2D eigenvalue weighted by atomic mass is 9.92. The number of nitrogens with zero attached hydrogens (tertiary/aromatic N) is 1. The van der Waals surface area contributed by atoms with Gasteiger partial charge >= 0.3 is 11.9 Å². The largest absolute Gasteiger partial charge is 0.495 e. The monoisotopic (exact) mass is 1230 g/mol. The Morgan fingerprint density at radius 3 is 2.12 bits per heavy atom. The van der Waals surface area contributed by atoms with Crippen LogP contribution in [0.2, 0.25) is 5.02 Å². The summed E-state index contributed by atoms with van der Waals surface area (Å²) in [7, 11) is -1.42. The van der Waals surface area contributed by atoms with Crippen LogP contribution in [-0.4, -0.2) is 160 Å². The molecule has 0 spiro atoms. The number of carbonyl (C=O) groups excluding carboxylic acids is 10. The van der Waals surface area contributed by atoms with E-state index in [1.165, 1.54) is 32.1 Å². The number of epoxide rings is 1. The van der Waals surface area contributed by atoms with Crippen molar-refractivity contribution in [3.05, 3.63) is 76.3 Å². The van der Waals surface area contributed by atoms with Crippen LogP contribution in [0.1, 0.15) is 117 Å². The minimum Gasteiger partial charge on any atom is -0.495 e. The predicted octanol–water partition coefficient (Wildman–Crippen LogP) is 2.52. The van der Waals surface area contributed by atoms with Crippen molar-refractivity contribution in [2.75, 3.05) is 46.1 Å². The van der Waals surface area contributed by atoms with E-state index in [0.29, 0.717) is 21.9 Å². The molecule has 1 saturated heterocycles. The lowest BCUT2D eigenvalue weighted by Crippen LogP contribution is -2.54. The molecule has 2 heterocycles. The van der Waals surface area contributed by atoms with Gasteiger partial charge in [-0.25, -0.2) is 4.79 Å². The van der Waals surface area contributed by atoms with Crippen LogP contribution in [0.5, 0.6) is 5.75 Å². The number of rotatable bonds is 27. The Bertz CT molecular complexity index is 2850. The zero-order valence-electron chi connectivity index (χ0n) is 49.9. The molecule has 85 heavy (non-hydrogen) atoms. The second-order valence-electron chi connectivity index (χ2n) is 22.5. The summed E-state index contributed by atoms with van der Waals surface area (Å²) in [5.74, 6) is -7.25. The van der Waals surface area contributed by atoms with Crippen LogP contribution in [0.15, 0.2) is 54.6 Å². The van der Waals surface area contributed by atoms with Gasteiger partial charge in [-0.05, 0) is 73.9 Å². The Hall–Kier alpha value is -7.16. The molecule has 4 rings (SSSR count). The van der Waals surface area contributed by atoms with Crippen molar-refractivity contribution in [2.45, 2.75) is 149 Å². The maximum atomic E-state index is 14.0. The van der Waals surface area contributed by atoms with Gasteiger partial charge in [0, 0.05) is 84.2 Å². The van der Waals surface area contributed by atoms with Crippen LogP contribution in [0, 0.1) is 23.2 Å². The highest BCUT2D eigenvalue weighted by Gasteiger charge is 2.48. The summed E-state index contributed by atoms with van der Waals surface area (Å²) < 4.78 is 54.2. The number of methoxy groups -OCH3 is 1. The van der Waals surface area contributed by atoms with E-state index < -0.39 is 129 Å². The van der Waals surface area contributed by atoms with Crippen molar-refractivity contribution in [2.24, 2.45) is 23.2 Å². The first-order valence-electron chi connectivity index (χ1n) is 28.2. The molecule has 27 heteroatoms. The Labute approximate surface area is 501 Å². The molecule has 8 amide bonds. The van der Waals surface area contributed by atoms with Gasteiger partial charge in [0.1, 0.15) is 36.1 Å². The van der Waals surface area contributed by atoms with Crippen LogP contribution in [0.3, 0.4) is 0 Å². The van der Waals surface area contributed by atoms with Gasteiger partial charge in [-0.15, -0.1) is 0 Å². The lowest BCUT2D eigenvalue weighted by Gasteiger charge is -2.29. The molecule has 1 unspecified atom stereocenters. The van der Waals surface area contributed by atoms with Crippen molar-refractivity contribution < 1.29 is 79.9 Å². The molecule has 0 aromatic heterocycles. The topological polar surface area (TPSA) is 353 Å². The second-order valence-corrected chi connectivity index (χ2v) is 24.5. The fourth-order valence-corrected chi connectivity index (χ4v) is 9.52.